The van der Waals surface area contributed by atoms with Gasteiger partial charge in [-0.25, -0.2) is 8.42 Å². The highest BCUT2D eigenvalue weighted by Gasteiger charge is 2.33. The highest BCUT2D eigenvalue weighted by molar-refractivity contribution is 7.91. The number of benzene rings is 1. The van der Waals surface area contributed by atoms with E-state index in [0.29, 0.717) is 36.1 Å². The molecule has 1 N–H and O–H groups in total. The van der Waals surface area contributed by atoms with Crippen molar-refractivity contribution in [1.29, 1.82) is 0 Å². The van der Waals surface area contributed by atoms with Crippen LogP contribution < -0.4 is 0 Å². The van der Waals surface area contributed by atoms with E-state index in [9.17, 15) is 13.2 Å². The van der Waals surface area contributed by atoms with Crippen LogP contribution in [0.3, 0.4) is 0 Å². The number of nitrogens with zero attached hydrogens (tertiary/aromatic N) is 2. The molecule has 1 aliphatic rings. The van der Waals surface area contributed by atoms with Crippen LogP contribution in [0.25, 0.3) is 10.9 Å². The Kier molecular flexibility index (Phi) is 5.32. The third-order valence-electron chi connectivity index (χ3n) is 5.20. The van der Waals surface area contributed by atoms with Crippen molar-refractivity contribution in [3.8, 4) is 0 Å². The Labute approximate surface area is 172 Å². The molecule has 0 aliphatic carbocycles. The maximum absolute atomic E-state index is 13.0. The van der Waals surface area contributed by atoms with Crippen molar-refractivity contribution in [2.75, 3.05) is 26.2 Å². The molecule has 3 aromatic rings. The second-order valence-electron chi connectivity index (χ2n) is 6.79. The number of nitrogens with one attached hydrogen (secondary N) is 1. The number of carbonyl (C=O) groups is 1. The van der Waals surface area contributed by atoms with Crippen LogP contribution in [0, 0.1) is 0 Å². The zero-order chi connectivity index (χ0) is 19.9. The number of sulfonamides is 1. The normalized spacial score (nSPS) is 17.8. The maximum atomic E-state index is 13.0. The molecule has 0 amide bonds. The molecule has 0 bridgehead atoms. The number of aromatic amines is 1. The van der Waals surface area contributed by atoms with E-state index in [0.717, 1.165) is 22.2 Å². The van der Waals surface area contributed by atoms with Gasteiger partial charge in [-0.3, -0.25) is 9.69 Å². The largest absolute Gasteiger partial charge is 0.360 e. The molecule has 148 valence electrons. The van der Waals surface area contributed by atoms with E-state index < -0.39 is 10.0 Å². The van der Waals surface area contributed by atoms with Gasteiger partial charge in [0.1, 0.15) is 4.21 Å². The van der Waals surface area contributed by atoms with E-state index >= 15 is 0 Å². The van der Waals surface area contributed by atoms with Crippen molar-refractivity contribution >= 4 is 49.6 Å². The molecule has 28 heavy (non-hydrogen) atoms. The number of hydrogen-bond donors (Lipinski definition) is 1. The number of thiophene rings is 1. The van der Waals surface area contributed by atoms with E-state index in [2.05, 4.69) is 4.98 Å². The molecule has 6 nitrogen and oxygen atoms in total. The third kappa shape index (κ3) is 3.51. The molecule has 3 heterocycles. The monoisotopic (exact) mass is 437 g/mol. The van der Waals surface area contributed by atoms with Gasteiger partial charge in [0.15, 0.2) is 5.78 Å². The first kappa shape index (κ1) is 19.6. The van der Waals surface area contributed by atoms with Gasteiger partial charge in [-0.2, -0.15) is 4.31 Å². The predicted molar refractivity (Wildman–Crippen MR) is 112 cm³/mol. The van der Waals surface area contributed by atoms with E-state index in [1.807, 2.05) is 36.1 Å². The fourth-order valence-corrected chi connectivity index (χ4v) is 6.62. The van der Waals surface area contributed by atoms with Crippen molar-refractivity contribution in [1.82, 2.24) is 14.2 Å². The number of carbonyl (C=O) groups excluding carboxylic acids is 1. The highest BCUT2D eigenvalue weighted by Crippen LogP contribution is 2.29. The summed E-state index contributed by atoms with van der Waals surface area (Å²) in [5, 5.41) is 0.912. The Hall–Kier alpha value is -1.71. The summed E-state index contributed by atoms with van der Waals surface area (Å²) in [7, 11) is -3.53. The fourth-order valence-electron chi connectivity index (χ4n) is 3.56. The summed E-state index contributed by atoms with van der Waals surface area (Å²) in [6.07, 6.45) is 1.75. The minimum absolute atomic E-state index is 0.0406. The number of ketones is 1. The molecule has 0 radical (unpaired) electrons. The zero-order valence-electron chi connectivity index (χ0n) is 15.3. The molecule has 1 fully saturated rings. The molecule has 2 aromatic heterocycles. The number of Topliss-reactive ketones (excluding diaryl/α,β-unsaturated/α-hetero) is 1. The van der Waals surface area contributed by atoms with Crippen LogP contribution in [0.5, 0.6) is 0 Å². The van der Waals surface area contributed by atoms with Gasteiger partial charge in [-0.05, 0) is 25.1 Å². The number of H-pyrrole nitrogens is 1. The van der Waals surface area contributed by atoms with Crippen molar-refractivity contribution < 1.29 is 13.2 Å². The summed E-state index contributed by atoms with van der Waals surface area (Å²) in [6, 6.07) is 10.5. The molecule has 9 heteroatoms. The van der Waals surface area contributed by atoms with Gasteiger partial charge >= 0.3 is 0 Å². The third-order valence-corrected chi connectivity index (χ3v) is 8.79. The van der Waals surface area contributed by atoms with E-state index in [4.69, 9.17) is 11.6 Å². The van der Waals surface area contributed by atoms with Gasteiger partial charge in [0.2, 0.25) is 0 Å². The van der Waals surface area contributed by atoms with Crippen LogP contribution >= 0.6 is 22.9 Å². The van der Waals surface area contributed by atoms with Crippen molar-refractivity contribution in [3.05, 3.63) is 52.5 Å². The Balaban J connectivity index is 1.45. The molecular formula is C19H20ClN3O3S2. The van der Waals surface area contributed by atoms with Gasteiger partial charge in [0, 0.05) is 48.8 Å². The number of piperazine rings is 1. The van der Waals surface area contributed by atoms with Crippen LogP contribution in [0.2, 0.25) is 4.34 Å². The van der Waals surface area contributed by atoms with Crippen LogP contribution in [0.15, 0.2) is 46.8 Å². The van der Waals surface area contributed by atoms with Crippen molar-refractivity contribution in [2.45, 2.75) is 17.2 Å². The average Bonchev–Trinajstić information content (AvgIpc) is 3.33. The van der Waals surface area contributed by atoms with E-state index in [1.54, 1.807) is 12.3 Å². The zero-order valence-corrected chi connectivity index (χ0v) is 17.6. The maximum Gasteiger partial charge on any atom is 0.252 e. The highest BCUT2D eigenvalue weighted by atomic mass is 35.5. The Morgan fingerprint density at radius 2 is 1.86 bits per heavy atom. The molecule has 1 atom stereocenters. The first-order chi connectivity index (χ1) is 13.4. The average molecular weight is 438 g/mol. The van der Waals surface area contributed by atoms with E-state index in [-0.39, 0.29) is 16.0 Å². The Morgan fingerprint density at radius 3 is 2.54 bits per heavy atom. The summed E-state index contributed by atoms with van der Waals surface area (Å²) < 4.78 is 27.6. The van der Waals surface area contributed by atoms with Gasteiger partial charge in [-0.1, -0.05) is 29.8 Å². The number of hydrogen-bond acceptors (Lipinski definition) is 5. The van der Waals surface area contributed by atoms with Crippen LogP contribution in [0.4, 0.5) is 0 Å². The fraction of sp³-hybridized carbons (Fsp3) is 0.316. The lowest BCUT2D eigenvalue weighted by Gasteiger charge is -2.36. The number of fused-ring (bicyclic) bond motifs is 1. The van der Waals surface area contributed by atoms with Crippen LogP contribution in [0.1, 0.15) is 17.3 Å². The lowest BCUT2D eigenvalue weighted by atomic mass is 10.0. The molecule has 0 spiro atoms. The summed E-state index contributed by atoms with van der Waals surface area (Å²) in [4.78, 5) is 18.2. The summed E-state index contributed by atoms with van der Waals surface area (Å²) in [5.41, 5.74) is 1.61. The number of halogens is 1. The second-order valence-corrected chi connectivity index (χ2v) is 10.7. The SMILES string of the molecule is CC(C(=O)c1c[nH]c2ccccc12)N1CCN(S(=O)(=O)c2ccc(Cl)s2)CC1. The second kappa shape index (κ2) is 7.61. The van der Waals surface area contributed by atoms with Gasteiger partial charge in [0.05, 0.1) is 10.4 Å². The van der Waals surface area contributed by atoms with Crippen molar-refractivity contribution in [2.24, 2.45) is 0 Å². The Bertz CT molecular complexity index is 1110. The first-order valence-corrected chi connectivity index (χ1v) is 11.6. The lowest BCUT2D eigenvalue weighted by Crippen LogP contribution is -2.52. The lowest BCUT2D eigenvalue weighted by molar-refractivity contribution is 0.0784. The van der Waals surface area contributed by atoms with Gasteiger partial charge < -0.3 is 4.98 Å². The van der Waals surface area contributed by atoms with Gasteiger partial charge in [0.25, 0.3) is 10.0 Å². The van der Waals surface area contributed by atoms with Gasteiger partial charge in [-0.15, -0.1) is 11.3 Å². The van der Waals surface area contributed by atoms with Crippen LogP contribution in [-0.4, -0.2) is 60.6 Å². The molecule has 1 aromatic carbocycles. The number of aromatic nitrogens is 1. The minimum Gasteiger partial charge on any atom is -0.360 e. The topological polar surface area (TPSA) is 73.5 Å². The number of para-hydroxylation sites is 1. The summed E-state index contributed by atoms with van der Waals surface area (Å²) in [6.45, 7) is 3.60. The smallest absolute Gasteiger partial charge is 0.252 e. The quantitative estimate of drug-likeness (QED) is 0.620. The molecule has 1 aliphatic heterocycles. The Morgan fingerprint density at radius 1 is 1.14 bits per heavy atom. The predicted octanol–water partition coefficient (Wildman–Crippen LogP) is 3.46. The molecule has 4 rings (SSSR count). The number of rotatable bonds is 5. The summed E-state index contributed by atoms with van der Waals surface area (Å²) >= 11 is 6.95. The minimum atomic E-state index is -3.53. The first-order valence-electron chi connectivity index (χ1n) is 8.98. The molecule has 1 unspecified atom stereocenters. The molecule has 1 saturated heterocycles. The van der Waals surface area contributed by atoms with E-state index in [1.165, 1.54) is 10.4 Å². The van der Waals surface area contributed by atoms with Crippen LogP contribution in [-0.2, 0) is 10.0 Å². The molecular weight excluding hydrogens is 418 g/mol. The molecule has 0 saturated carbocycles. The standard InChI is InChI=1S/C19H20ClN3O3S2/c1-13(19(24)15-12-21-16-5-3-2-4-14(15)16)22-8-10-23(11-9-22)28(25,26)18-7-6-17(20)27-18/h2-7,12-13,21H,8-11H2,1H3. The van der Waals surface area contributed by atoms with Crippen molar-refractivity contribution in [3.63, 3.8) is 0 Å². The summed E-state index contributed by atoms with van der Waals surface area (Å²) in [5.74, 6) is 0.0406.